The Morgan fingerprint density at radius 3 is 1.55 bits per heavy atom. The quantitative estimate of drug-likeness (QED) is 0.455. The van der Waals surface area contributed by atoms with Crippen molar-refractivity contribution in [3.05, 3.63) is 25.3 Å². The van der Waals surface area contributed by atoms with Crippen molar-refractivity contribution >= 4 is 11.9 Å². The Bertz CT molecular complexity index is 491. The Kier molecular flexibility index (Phi) is 3.17. The zero-order valence-corrected chi connectivity index (χ0v) is 12.6. The third kappa shape index (κ3) is 1.89. The molecule has 0 aromatic rings. The van der Waals surface area contributed by atoms with Gasteiger partial charge in [-0.25, -0.2) is 9.59 Å². The largest absolute Gasteiger partial charge is 0.459 e. The normalized spacial score (nSPS) is 47.1. The molecule has 4 saturated carbocycles. The third-order valence-electron chi connectivity index (χ3n) is 6.57. The van der Waals surface area contributed by atoms with E-state index in [1.807, 2.05) is 0 Å². The maximum absolute atomic E-state index is 11.5. The maximum Gasteiger partial charge on any atom is 0.330 e. The number of ether oxygens (including phenoxy) is 2. The Morgan fingerprint density at radius 1 is 0.773 bits per heavy atom. The lowest BCUT2D eigenvalue weighted by Gasteiger charge is -2.40. The molecule has 4 aliphatic carbocycles. The lowest BCUT2D eigenvalue weighted by Crippen LogP contribution is -2.41. The Balaban J connectivity index is 1.47. The van der Waals surface area contributed by atoms with Crippen LogP contribution in [-0.4, -0.2) is 24.1 Å². The Labute approximate surface area is 130 Å². The van der Waals surface area contributed by atoms with Crippen LogP contribution in [0.2, 0.25) is 0 Å². The fraction of sp³-hybridized carbons (Fsp3) is 0.667. The zero-order chi connectivity index (χ0) is 15.4. The van der Waals surface area contributed by atoms with Gasteiger partial charge in [0.1, 0.15) is 12.2 Å². The second-order valence-corrected chi connectivity index (χ2v) is 7.30. The van der Waals surface area contributed by atoms with Crippen LogP contribution in [0.15, 0.2) is 25.3 Å². The van der Waals surface area contributed by atoms with Crippen LogP contribution in [-0.2, 0) is 19.1 Å². The number of carbonyl (C=O) groups excluding carboxylic acids is 2. The summed E-state index contributed by atoms with van der Waals surface area (Å²) in [6.07, 6.45) is 6.94. The highest BCUT2D eigenvalue weighted by atomic mass is 16.5. The van der Waals surface area contributed by atoms with E-state index in [-0.39, 0.29) is 24.1 Å². The standard InChI is InChI=1S/C18H22O4/c1-3-15(19)21-13-7-9-5-11(13)17-10-6-12(18(9)17)14(8-10)22-16(20)4-2/h3-4,9-14,17-18H,1-2,5-8H2. The third-order valence-corrected chi connectivity index (χ3v) is 6.57. The van der Waals surface area contributed by atoms with Gasteiger partial charge in [0.15, 0.2) is 0 Å². The van der Waals surface area contributed by atoms with Gasteiger partial charge in [-0.2, -0.15) is 0 Å². The van der Waals surface area contributed by atoms with Crippen LogP contribution < -0.4 is 0 Å². The van der Waals surface area contributed by atoms with Crippen molar-refractivity contribution in [3.63, 3.8) is 0 Å². The molecule has 22 heavy (non-hydrogen) atoms. The molecule has 0 amide bonds. The van der Waals surface area contributed by atoms with Gasteiger partial charge in [0.25, 0.3) is 0 Å². The van der Waals surface area contributed by atoms with Gasteiger partial charge in [0.05, 0.1) is 0 Å². The van der Waals surface area contributed by atoms with Crippen LogP contribution in [0.4, 0.5) is 0 Å². The van der Waals surface area contributed by atoms with Gasteiger partial charge in [-0.05, 0) is 61.2 Å². The summed E-state index contributed by atoms with van der Waals surface area (Å²) in [7, 11) is 0. The molecule has 0 aromatic heterocycles. The van der Waals surface area contributed by atoms with E-state index in [4.69, 9.17) is 9.47 Å². The van der Waals surface area contributed by atoms with Crippen LogP contribution in [0.5, 0.6) is 0 Å². The summed E-state index contributed by atoms with van der Waals surface area (Å²) < 4.78 is 11.1. The first-order chi connectivity index (χ1) is 10.6. The van der Waals surface area contributed by atoms with E-state index in [1.165, 1.54) is 25.0 Å². The van der Waals surface area contributed by atoms with E-state index in [9.17, 15) is 9.59 Å². The smallest absolute Gasteiger partial charge is 0.330 e. The predicted molar refractivity (Wildman–Crippen MR) is 79.6 cm³/mol. The summed E-state index contributed by atoms with van der Waals surface area (Å²) in [6.45, 7) is 6.97. The molecular weight excluding hydrogens is 280 g/mol. The minimum atomic E-state index is -0.296. The monoisotopic (exact) mass is 302 g/mol. The van der Waals surface area contributed by atoms with Gasteiger partial charge in [-0.3, -0.25) is 0 Å². The van der Waals surface area contributed by atoms with Crippen molar-refractivity contribution in [2.75, 3.05) is 0 Å². The molecule has 0 heterocycles. The van der Waals surface area contributed by atoms with Crippen molar-refractivity contribution in [3.8, 4) is 0 Å². The Hall–Kier alpha value is -1.58. The molecule has 0 spiro atoms. The average molecular weight is 302 g/mol. The first-order valence-electron chi connectivity index (χ1n) is 8.28. The number of hydrogen-bond donors (Lipinski definition) is 0. The SMILES string of the molecule is C=CC(=O)OC1CC2CC1C1C3CC(OC(=O)C=C)C(C3)C21. The van der Waals surface area contributed by atoms with E-state index in [0.29, 0.717) is 35.5 Å². The summed E-state index contributed by atoms with van der Waals surface area (Å²) in [4.78, 5) is 23.0. The van der Waals surface area contributed by atoms with Gasteiger partial charge < -0.3 is 9.47 Å². The minimum absolute atomic E-state index is 0.0743. The van der Waals surface area contributed by atoms with Gasteiger partial charge in [-0.15, -0.1) is 0 Å². The number of hydrogen-bond acceptors (Lipinski definition) is 4. The minimum Gasteiger partial charge on any atom is -0.459 e. The number of rotatable bonds is 4. The summed E-state index contributed by atoms with van der Waals surface area (Å²) in [5.41, 5.74) is 0. The molecule has 0 aromatic carbocycles. The molecule has 4 rings (SSSR count). The zero-order valence-electron chi connectivity index (χ0n) is 12.6. The van der Waals surface area contributed by atoms with Crippen LogP contribution in [0.25, 0.3) is 0 Å². The Morgan fingerprint density at radius 2 is 1.18 bits per heavy atom. The van der Waals surface area contributed by atoms with Crippen molar-refractivity contribution in [1.82, 2.24) is 0 Å². The van der Waals surface area contributed by atoms with Crippen molar-refractivity contribution < 1.29 is 19.1 Å². The van der Waals surface area contributed by atoms with Gasteiger partial charge in [0, 0.05) is 12.2 Å². The number of esters is 2. The molecule has 4 aliphatic rings. The molecule has 4 bridgehead atoms. The lowest BCUT2D eigenvalue weighted by atomic mass is 9.69. The van der Waals surface area contributed by atoms with E-state index in [2.05, 4.69) is 13.2 Å². The molecule has 4 fully saturated rings. The van der Waals surface area contributed by atoms with Crippen molar-refractivity contribution in [1.29, 1.82) is 0 Å². The molecule has 0 N–H and O–H groups in total. The molecule has 0 aliphatic heterocycles. The van der Waals surface area contributed by atoms with Crippen molar-refractivity contribution in [2.45, 2.75) is 37.9 Å². The van der Waals surface area contributed by atoms with E-state index in [0.717, 1.165) is 12.8 Å². The van der Waals surface area contributed by atoms with Crippen LogP contribution in [0.3, 0.4) is 0 Å². The molecule has 4 heteroatoms. The van der Waals surface area contributed by atoms with Gasteiger partial charge in [0.2, 0.25) is 0 Å². The predicted octanol–water partition coefficient (Wildman–Crippen LogP) is 2.49. The summed E-state index contributed by atoms with van der Waals surface area (Å²) in [6, 6.07) is 0. The molecule has 8 atom stereocenters. The highest BCUT2D eigenvalue weighted by Gasteiger charge is 2.66. The van der Waals surface area contributed by atoms with E-state index in [1.54, 1.807) is 0 Å². The van der Waals surface area contributed by atoms with Crippen LogP contribution >= 0.6 is 0 Å². The first-order valence-corrected chi connectivity index (χ1v) is 8.28. The maximum atomic E-state index is 11.5. The summed E-state index contributed by atoms with van der Waals surface area (Å²) >= 11 is 0. The topological polar surface area (TPSA) is 52.6 Å². The fourth-order valence-corrected chi connectivity index (χ4v) is 6.14. The first kappa shape index (κ1) is 14.0. The fourth-order valence-electron chi connectivity index (χ4n) is 6.14. The molecular formula is C18H22O4. The van der Waals surface area contributed by atoms with Crippen LogP contribution in [0, 0.1) is 35.5 Å². The number of fused-ring (bicyclic) bond motifs is 9. The highest BCUT2D eigenvalue weighted by Crippen LogP contribution is 2.68. The molecule has 118 valence electrons. The molecule has 0 saturated heterocycles. The summed E-state index contributed by atoms with van der Waals surface area (Å²) in [5.74, 6) is 2.98. The average Bonchev–Trinajstić information content (AvgIpc) is 3.24. The summed E-state index contributed by atoms with van der Waals surface area (Å²) in [5, 5.41) is 0. The molecule has 8 unspecified atom stereocenters. The molecule has 4 nitrogen and oxygen atoms in total. The van der Waals surface area contributed by atoms with Crippen LogP contribution in [0.1, 0.15) is 25.7 Å². The molecule has 0 radical (unpaired) electrons. The lowest BCUT2D eigenvalue weighted by molar-refractivity contribution is -0.153. The van der Waals surface area contributed by atoms with Gasteiger partial charge in [-0.1, -0.05) is 13.2 Å². The highest BCUT2D eigenvalue weighted by molar-refractivity contribution is 5.81. The second-order valence-electron chi connectivity index (χ2n) is 7.30. The number of carbonyl (C=O) groups is 2. The van der Waals surface area contributed by atoms with E-state index >= 15 is 0 Å². The van der Waals surface area contributed by atoms with E-state index < -0.39 is 0 Å². The second kappa shape index (κ2) is 4.97. The van der Waals surface area contributed by atoms with Crippen molar-refractivity contribution in [2.24, 2.45) is 35.5 Å². The van der Waals surface area contributed by atoms with Gasteiger partial charge >= 0.3 is 11.9 Å².